The molecule has 0 aliphatic heterocycles. The smallest absolute Gasteiger partial charge is 0.191 e. The number of aliphatic hydroxyl groups is 1. The Morgan fingerprint density at radius 2 is 1.73 bits per heavy atom. The molecule has 0 radical (unpaired) electrons. The SMILES string of the molecule is COCC(C)NCC(O)COC(Cc1ccc(N(C)C)cc1)C(=O)c1ccccc1. The first kappa shape index (κ1) is 24.0. The van der Waals surface area contributed by atoms with Crippen molar-refractivity contribution in [2.45, 2.75) is 31.6 Å². The molecule has 0 spiro atoms. The van der Waals surface area contributed by atoms with Gasteiger partial charge in [0, 0.05) is 51.5 Å². The first-order chi connectivity index (χ1) is 14.4. The van der Waals surface area contributed by atoms with E-state index in [1.807, 2.05) is 68.4 Å². The summed E-state index contributed by atoms with van der Waals surface area (Å²) >= 11 is 0. The molecule has 2 N–H and O–H groups in total. The predicted octanol–water partition coefficient (Wildman–Crippen LogP) is 2.55. The number of carbonyl (C=O) groups excluding carboxylic acids is 1. The lowest BCUT2D eigenvalue weighted by molar-refractivity contribution is -0.00297. The van der Waals surface area contributed by atoms with Crippen LogP contribution < -0.4 is 10.2 Å². The maximum atomic E-state index is 13.0. The van der Waals surface area contributed by atoms with Gasteiger partial charge in [-0.3, -0.25) is 4.79 Å². The number of hydrogen-bond acceptors (Lipinski definition) is 6. The monoisotopic (exact) mass is 414 g/mol. The summed E-state index contributed by atoms with van der Waals surface area (Å²) in [5, 5.41) is 13.5. The lowest BCUT2D eigenvalue weighted by Gasteiger charge is -2.21. The largest absolute Gasteiger partial charge is 0.389 e. The van der Waals surface area contributed by atoms with Crippen LogP contribution in [-0.4, -0.2) is 70.1 Å². The van der Waals surface area contributed by atoms with Crippen LogP contribution in [0.2, 0.25) is 0 Å². The highest BCUT2D eigenvalue weighted by atomic mass is 16.5. The van der Waals surface area contributed by atoms with Crippen molar-refractivity contribution in [3.8, 4) is 0 Å². The fraction of sp³-hybridized carbons (Fsp3) is 0.458. The minimum Gasteiger partial charge on any atom is -0.389 e. The molecule has 3 atom stereocenters. The van der Waals surface area contributed by atoms with Crippen molar-refractivity contribution in [3.63, 3.8) is 0 Å². The molecule has 0 aromatic heterocycles. The highest BCUT2D eigenvalue weighted by Crippen LogP contribution is 2.17. The van der Waals surface area contributed by atoms with Crippen LogP contribution in [0, 0.1) is 0 Å². The molecular weight excluding hydrogens is 380 g/mol. The van der Waals surface area contributed by atoms with Gasteiger partial charge in [0.05, 0.1) is 19.3 Å². The first-order valence-corrected chi connectivity index (χ1v) is 10.3. The Kier molecular flexibility index (Phi) is 9.97. The van der Waals surface area contributed by atoms with Crippen molar-refractivity contribution in [1.29, 1.82) is 0 Å². The Labute approximate surface area is 179 Å². The minimum atomic E-state index is -0.716. The van der Waals surface area contributed by atoms with Crippen LogP contribution in [0.3, 0.4) is 0 Å². The van der Waals surface area contributed by atoms with E-state index in [1.165, 1.54) is 0 Å². The van der Waals surface area contributed by atoms with Gasteiger partial charge < -0.3 is 24.8 Å². The van der Waals surface area contributed by atoms with Crippen LogP contribution in [0.1, 0.15) is 22.8 Å². The third kappa shape index (κ3) is 7.88. The van der Waals surface area contributed by atoms with Crippen LogP contribution in [0.4, 0.5) is 5.69 Å². The van der Waals surface area contributed by atoms with Gasteiger partial charge in [0.1, 0.15) is 6.10 Å². The molecule has 0 aliphatic carbocycles. The van der Waals surface area contributed by atoms with Crippen LogP contribution >= 0.6 is 0 Å². The van der Waals surface area contributed by atoms with E-state index in [0.29, 0.717) is 25.1 Å². The van der Waals surface area contributed by atoms with Crippen LogP contribution in [0.25, 0.3) is 0 Å². The number of nitrogens with zero attached hydrogens (tertiary/aromatic N) is 1. The second kappa shape index (κ2) is 12.4. The van der Waals surface area contributed by atoms with Gasteiger partial charge in [-0.15, -0.1) is 0 Å². The molecule has 0 aliphatic rings. The van der Waals surface area contributed by atoms with E-state index in [9.17, 15) is 9.90 Å². The van der Waals surface area contributed by atoms with Gasteiger partial charge in [0.15, 0.2) is 5.78 Å². The number of ketones is 1. The number of anilines is 1. The zero-order valence-electron chi connectivity index (χ0n) is 18.4. The zero-order valence-corrected chi connectivity index (χ0v) is 18.4. The standard InChI is InChI=1S/C24H34N2O4/c1-18(16-29-4)25-15-22(27)17-30-23(24(28)20-8-6-5-7-9-20)14-19-10-12-21(13-11-19)26(2)3/h5-13,18,22-23,25,27H,14-17H2,1-4H3. The lowest BCUT2D eigenvalue weighted by atomic mass is 9.99. The minimum absolute atomic E-state index is 0.0751. The van der Waals surface area contributed by atoms with E-state index in [-0.39, 0.29) is 18.4 Å². The van der Waals surface area contributed by atoms with Crippen molar-refractivity contribution >= 4 is 11.5 Å². The second-order valence-electron chi connectivity index (χ2n) is 7.74. The predicted molar refractivity (Wildman–Crippen MR) is 120 cm³/mol. The summed E-state index contributed by atoms with van der Waals surface area (Å²) < 4.78 is 11.0. The summed E-state index contributed by atoms with van der Waals surface area (Å²) in [6.07, 6.45) is -0.933. The summed E-state index contributed by atoms with van der Waals surface area (Å²) in [6.45, 7) is 2.99. The van der Waals surface area contributed by atoms with Crippen molar-refractivity contribution in [2.75, 3.05) is 45.9 Å². The Hall–Kier alpha value is -2.25. The normalized spacial score (nSPS) is 14.2. The summed E-state index contributed by atoms with van der Waals surface area (Å²) in [5.41, 5.74) is 2.71. The van der Waals surface area contributed by atoms with E-state index >= 15 is 0 Å². The van der Waals surface area contributed by atoms with Crippen molar-refractivity contribution in [3.05, 3.63) is 65.7 Å². The molecule has 3 unspecified atom stereocenters. The highest BCUT2D eigenvalue weighted by Gasteiger charge is 2.22. The third-order valence-corrected chi connectivity index (χ3v) is 4.83. The molecule has 0 saturated carbocycles. The molecule has 2 aromatic carbocycles. The fourth-order valence-electron chi connectivity index (χ4n) is 3.09. The van der Waals surface area contributed by atoms with Gasteiger partial charge in [0.2, 0.25) is 0 Å². The molecule has 0 saturated heterocycles. The Bertz CT molecular complexity index is 750. The number of benzene rings is 2. The number of rotatable bonds is 13. The van der Waals surface area contributed by atoms with E-state index in [4.69, 9.17) is 9.47 Å². The third-order valence-electron chi connectivity index (χ3n) is 4.83. The number of aliphatic hydroxyl groups excluding tert-OH is 1. The van der Waals surface area contributed by atoms with Crippen LogP contribution in [0.5, 0.6) is 0 Å². The van der Waals surface area contributed by atoms with Crippen LogP contribution in [0.15, 0.2) is 54.6 Å². The summed E-state index contributed by atoms with van der Waals surface area (Å²) in [5.74, 6) is -0.0832. The molecule has 0 amide bonds. The molecule has 6 heteroatoms. The van der Waals surface area contributed by atoms with Crippen molar-refractivity contribution in [2.24, 2.45) is 0 Å². The van der Waals surface area contributed by atoms with Crippen LogP contribution in [-0.2, 0) is 15.9 Å². The number of nitrogens with one attached hydrogen (secondary N) is 1. The van der Waals surface area contributed by atoms with Gasteiger partial charge in [-0.05, 0) is 24.6 Å². The van der Waals surface area contributed by atoms with E-state index in [0.717, 1.165) is 11.3 Å². The average Bonchev–Trinajstić information content (AvgIpc) is 2.75. The molecule has 2 aromatic rings. The Morgan fingerprint density at radius 3 is 2.33 bits per heavy atom. The second-order valence-corrected chi connectivity index (χ2v) is 7.74. The summed E-state index contributed by atoms with van der Waals surface area (Å²) in [4.78, 5) is 15.1. The zero-order chi connectivity index (χ0) is 21.9. The van der Waals surface area contributed by atoms with E-state index in [2.05, 4.69) is 5.32 Å². The lowest BCUT2D eigenvalue weighted by Crippen LogP contribution is -2.39. The Balaban J connectivity index is 2.03. The van der Waals surface area contributed by atoms with E-state index < -0.39 is 12.2 Å². The quantitative estimate of drug-likeness (QED) is 0.491. The molecule has 164 valence electrons. The van der Waals surface area contributed by atoms with Crippen molar-refractivity contribution < 1.29 is 19.4 Å². The first-order valence-electron chi connectivity index (χ1n) is 10.3. The Morgan fingerprint density at radius 1 is 1.07 bits per heavy atom. The highest BCUT2D eigenvalue weighted by molar-refractivity contribution is 5.99. The van der Waals surface area contributed by atoms with Gasteiger partial charge >= 0.3 is 0 Å². The molecular formula is C24H34N2O4. The molecule has 2 rings (SSSR count). The van der Waals surface area contributed by atoms with Gasteiger partial charge in [-0.1, -0.05) is 42.5 Å². The summed E-state index contributed by atoms with van der Waals surface area (Å²) in [6, 6.07) is 17.3. The topological polar surface area (TPSA) is 71.0 Å². The molecule has 6 nitrogen and oxygen atoms in total. The molecule has 0 bridgehead atoms. The maximum Gasteiger partial charge on any atom is 0.191 e. The average molecular weight is 415 g/mol. The molecule has 30 heavy (non-hydrogen) atoms. The number of Topliss-reactive ketones (excluding diaryl/α,β-unsaturated/α-hetero) is 1. The van der Waals surface area contributed by atoms with Gasteiger partial charge in [0.25, 0.3) is 0 Å². The fourth-order valence-corrected chi connectivity index (χ4v) is 3.09. The summed E-state index contributed by atoms with van der Waals surface area (Å²) in [7, 11) is 5.62. The number of ether oxygens (including phenoxy) is 2. The van der Waals surface area contributed by atoms with Gasteiger partial charge in [-0.25, -0.2) is 0 Å². The molecule has 0 heterocycles. The number of hydrogen-bond donors (Lipinski definition) is 2. The molecule has 0 fully saturated rings. The number of methoxy groups -OCH3 is 1. The van der Waals surface area contributed by atoms with Crippen molar-refractivity contribution in [1.82, 2.24) is 5.32 Å². The van der Waals surface area contributed by atoms with E-state index in [1.54, 1.807) is 19.2 Å². The maximum absolute atomic E-state index is 13.0. The number of carbonyl (C=O) groups is 1. The van der Waals surface area contributed by atoms with Gasteiger partial charge in [-0.2, -0.15) is 0 Å².